The number of hydrogen-bond donors (Lipinski definition) is 1. The van der Waals surface area contributed by atoms with Gasteiger partial charge in [-0.3, -0.25) is 14.5 Å². The van der Waals surface area contributed by atoms with Crippen LogP contribution in [0, 0.1) is 0 Å². The van der Waals surface area contributed by atoms with Crippen LogP contribution < -0.4 is 0 Å². The summed E-state index contributed by atoms with van der Waals surface area (Å²) in [6.07, 6.45) is 2.74. The summed E-state index contributed by atoms with van der Waals surface area (Å²) < 4.78 is 0. The zero-order chi connectivity index (χ0) is 12.9. The summed E-state index contributed by atoms with van der Waals surface area (Å²) >= 11 is 0. The number of rotatable bonds is 4. The lowest BCUT2D eigenvalue weighted by molar-refractivity contribution is -0.147. The van der Waals surface area contributed by atoms with Crippen LogP contribution >= 0.6 is 0 Å². The van der Waals surface area contributed by atoms with Gasteiger partial charge in [0.1, 0.15) is 0 Å². The van der Waals surface area contributed by atoms with E-state index in [1.54, 1.807) is 33.8 Å². The Hall–Kier alpha value is -1.16. The van der Waals surface area contributed by atoms with Gasteiger partial charge in [-0.15, -0.1) is 0 Å². The predicted molar refractivity (Wildman–Crippen MR) is 62.7 cm³/mol. The van der Waals surface area contributed by atoms with E-state index < -0.39 is 11.6 Å². The molecule has 2 amide bonds. The number of amides is 2. The molecule has 16 heavy (non-hydrogen) atoms. The van der Waals surface area contributed by atoms with Crippen molar-refractivity contribution in [2.75, 3.05) is 0 Å². The molecule has 0 rings (SSSR count). The zero-order valence-electron chi connectivity index (χ0n) is 10.7. The van der Waals surface area contributed by atoms with Gasteiger partial charge >= 0.3 is 0 Å². The van der Waals surface area contributed by atoms with Gasteiger partial charge in [0.05, 0.1) is 6.10 Å². The monoisotopic (exact) mass is 227 g/mol. The molecule has 0 aliphatic carbocycles. The molecule has 0 aromatic carbocycles. The maximum atomic E-state index is 11.7. The number of imide groups is 1. The van der Waals surface area contributed by atoms with Crippen molar-refractivity contribution < 1.29 is 14.7 Å². The van der Waals surface area contributed by atoms with Crippen molar-refractivity contribution in [1.29, 1.82) is 0 Å². The number of carbonyl (C=O) groups excluding carboxylic acids is 2. The molecular formula is C12H21NO3. The van der Waals surface area contributed by atoms with E-state index in [9.17, 15) is 14.7 Å². The molecule has 4 nitrogen and oxygen atoms in total. The third-order valence-electron chi connectivity index (χ3n) is 2.24. The van der Waals surface area contributed by atoms with Crippen LogP contribution in [0.15, 0.2) is 12.2 Å². The number of allylic oxidation sites excluding steroid dienone is 1. The number of carbonyl (C=O) groups is 2. The van der Waals surface area contributed by atoms with Crippen LogP contribution in [0.4, 0.5) is 0 Å². The smallest absolute Gasteiger partial charge is 0.253 e. The Balaban J connectivity index is 5.04. The molecule has 0 bridgehead atoms. The van der Waals surface area contributed by atoms with Crippen LogP contribution in [0.25, 0.3) is 0 Å². The molecule has 0 saturated heterocycles. The number of nitrogens with zero attached hydrogens (tertiary/aromatic N) is 1. The lowest BCUT2D eigenvalue weighted by atomic mass is 9.94. The Morgan fingerprint density at radius 3 is 2.25 bits per heavy atom. The van der Waals surface area contributed by atoms with Crippen LogP contribution in [0.2, 0.25) is 0 Å². The summed E-state index contributed by atoms with van der Waals surface area (Å²) in [7, 11) is 0. The highest BCUT2D eigenvalue weighted by Crippen LogP contribution is 2.21. The van der Waals surface area contributed by atoms with Gasteiger partial charge in [-0.1, -0.05) is 6.08 Å². The van der Waals surface area contributed by atoms with Crippen molar-refractivity contribution >= 4 is 11.8 Å². The molecule has 0 aliphatic rings. The van der Waals surface area contributed by atoms with Crippen LogP contribution in [0.3, 0.4) is 0 Å². The van der Waals surface area contributed by atoms with E-state index in [1.807, 2.05) is 0 Å². The fourth-order valence-electron chi connectivity index (χ4n) is 1.91. The second-order valence-corrected chi connectivity index (χ2v) is 4.56. The molecule has 0 spiro atoms. The molecule has 0 heterocycles. The van der Waals surface area contributed by atoms with Crippen molar-refractivity contribution in [2.45, 2.75) is 52.7 Å². The van der Waals surface area contributed by atoms with Crippen molar-refractivity contribution in [3.8, 4) is 0 Å². The first-order chi connectivity index (χ1) is 7.22. The second kappa shape index (κ2) is 5.80. The lowest BCUT2D eigenvalue weighted by Crippen LogP contribution is -2.51. The maximum Gasteiger partial charge on any atom is 0.253 e. The first-order valence-corrected chi connectivity index (χ1v) is 5.38. The summed E-state index contributed by atoms with van der Waals surface area (Å²) in [5.41, 5.74) is -0.684. The van der Waals surface area contributed by atoms with Crippen LogP contribution in [-0.4, -0.2) is 33.5 Å². The predicted octanol–water partition coefficient (Wildman–Crippen LogP) is 1.49. The summed E-state index contributed by atoms with van der Waals surface area (Å²) in [4.78, 5) is 24.4. The van der Waals surface area contributed by atoms with E-state index in [0.717, 1.165) is 0 Å². The minimum atomic E-state index is -0.684. The highest BCUT2D eigenvalue weighted by molar-refractivity contribution is 6.00. The molecule has 0 fully saturated rings. The van der Waals surface area contributed by atoms with E-state index in [2.05, 4.69) is 0 Å². The molecule has 0 radical (unpaired) electrons. The topological polar surface area (TPSA) is 57.6 Å². The van der Waals surface area contributed by atoms with Gasteiger partial charge in [0, 0.05) is 12.5 Å². The molecular weight excluding hydrogens is 206 g/mol. The minimum Gasteiger partial charge on any atom is -0.393 e. The highest BCUT2D eigenvalue weighted by atomic mass is 16.3. The van der Waals surface area contributed by atoms with Gasteiger partial charge < -0.3 is 5.11 Å². The van der Waals surface area contributed by atoms with Gasteiger partial charge in [-0.25, -0.2) is 0 Å². The lowest BCUT2D eigenvalue weighted by Gasteiger charge is -2.36. The Labute approximate surface area is 96.9 Å². The van der Waals surface area contributed by atoms with Gasteiger partial charge in [0.25, 0.3) is 5.91 Å². The molecule has 0 aromatic rings. The van der Waals surface area contributed by atoms with Gasteiger partial charge in [-0.05, 0) is 40.2 Å². The van der Waals surface area contributed by atoms with E-state index in [-0.39, 0.29) is 11.8 Å². The van der Waals surface area contributed by atoms with Crippen LogP contribution in [0.5, 0.6) is 0 Å². The van der Waals surface area contributed by atoms with Crippen LogP contribution in [-0.2, 0) is 9.59 Å². The first kappa shape index (κ1) is 14.8. The van der Waals surface area contributed by atoms with E-state index in [0.29, 0.717) is 6.42 Å². The average Bonchev–Trinajstić information content (AvgIpc) is 1.99. The fourth-order valence-corrected chi connectivity index (χ4v) is 1.91. The first-order valence-electron chi connectivity index (χ1n) is 5.38. The standard InChI is InChI=1S/C12H21NO3/c1-6-7-11(16)13(10(3)15)12(4,5)8-9(2)14/h6-7,9,14H,8H2,1-5H3/b7-6+. The van der Waals surface area contributed by atoms with Gasteiger partial charge in [0.15, 0.2) is 0 Å². The summed E-state index contributed by atoms with van der Waals surface area (Å²) in [5.74, 6) is -0.658. The highest BCUT2D eigenvalue weighted by Gasteiger charge is 2.33. The number of aliphatic hydroxyl groups is 1. The Morgan fingerprint density at radius 2 is 1.94 bits per heavy atom. The van der Waals surface area contributed by atoms with E-state index in [4.69, 9.17) is 0 Å². The zero-order valence-corrected chi connectivity index (χ0v) is 10.7. The third kappa shape index (κ3) is 4.14. The van der Waals surface area contributed by atoms with Gasteiger partial charge in [0.2, 0.25) is 5.91 Å². The molecule has 0 saturated carbocycles. The molecule has 92 valence electrons. The summed E-state index contributed by atoms with van der Waals surface area (Å²) in [5, 5.41) is 9.36. The molecule has 1 unspecified atom stereocenters. The molecule has 0 aliphatic heterocycles. The Bertz CT molecular complexity index is 293. The molecule has 4 heteroatoms. The second-order valence-electron chi connectivity index (χ2n) is 4.56. The third-order valence-corrected chi connectivity index (χ3v) is 2.24. The summed E-state index contributed by atoms with van der Waals surface area (Å²) in [6.45, 7) is 8.24. The number of hydrogen-bond acceptors (Lipinski definition) is 3. The quantitative estimate of drug-likeness (QED) is 0.740. The Morgan fingerprint density at radius 1 is 1.44 bits per heavy atom. The fraction of sp³-hybridized carbons (Fsp3) is 0.667. The van der Waals surface area contributed by atoms with Crippen molar-refractivity contribution in [1.82, 2.24) is 4.90 Å². The van der Waals surface area contributed by atoms with Crippen molar-refractivity contribution in [3.05, 3.63) is 12.2 Å². The largest absolute Gasteiger partial charge is 0.393 e. The Kier molecular flexibility index (Phi) is 5.38. The van der Waals surface area contributed by atoms with Crippen molar-refractivity contribution in [3.63, 3.8) is 0 Å². The minimum absolute atomic E-state index is 0.311. The van der Waals surface area contributed by atoms with Crippen LogP contribution in [0.1, 0.15) is 41.0 Å². The molecule has 1 N–H and O–H groups in total. The van der Waals surface area contributed by atoms with E-state index >= 15 is 0 Å². The normalized spacial score (nSPS) is 13.9. The SMILES string of the molecule is C/C=C/C(=O)N(C(C)=O)C(C)(C)CC(C)O. The van der Waals surface area contributed by atoms with Crippen molar-refractivity contribution in [2.24, 2.45) is 0 Å². The average molecular weight is 227 g/mol. The van der Waals surface area contributed by atoms with E-state index in [1.165, 1.54) is 17.9 Å². The molecule has 1 atom stereocenters. The van der Waals surface area contributed by atoms with Gasteiger partial charge in [-0.2, -0.15) is 0 Å². The summed E-state index contributed by atoms with van der Waals surface area (Å²) in [6, 6.07) is 0. The molecule has 0 aromatic heterocycles. The maximum absolute atomic E-state index is 11.7. The number of aliphatic hydroxyl groups excluding tert-OH is 1.